The van der Waals surface area contributed by atoms with Crippen molar-refractivity contribution in [2.24, 2.45) is 0 Å². The van der Waals surface area contributed by atoms with Gasteiger partial charge in [0.2, 0.25) is 5.95 Å². The van der Waals surface area contributed by atoms with Crippen molar-refractivity contribution in [2.75, 3.05) is 24.7 Å². The first-order valence-electron chi connectivity index (χ1n) is 7.95. The zero-order chi connectivity index (χ0) is 17.4. The summed E-state index contributed by atoms with van der Waals surface area (Å²) < 4.78 is 11.0. The second kappa shape index (κ2) is 8.76. The molecule has 0 aliphatic carbocycles. The molecular formula is C18H24N4O2. The summed E-state index contributed by atoms with van der Waals surface area (Å²) in [5, 5.41) is 3.24. The number of anilines is 2. The van der Waals surface area contributed by atoms with E-state index in [0.717, 1.165) is 30.5 Å². The van der Waals surface area contributed by atoms with E-state index in [9.17, 15) is 0 Å². The van der Waals surface area contributed by atoms with Crippen LogP contribution in [0, 0.1) is 0 Å². The Morgan fingerprint density at radius 2 is 2.04 bits per heavy atom. The van der Waals surface area contributed by atoms with Gasteiger partial charge < -0.3 is 20.5 Å². The van der Waals surface area contributed by atoms with Gasteiger partial charge in [0.15, 0.2) is 11.6 Å². The molecule has 0 radical (unpaired) electrons. The van der Waals surface area contributed by atoms with Crippen LogP contribution < -0.4 is 15.8 Å². The summed E-state index contributed by atoms with van der Waals surface area (Å²) in [4.78, 5) is 8.21. The van der Waals surface area contributed by atoms with E-state index in [0.29, 0.717) is 23.9 Å². The molecule has 2 rings (SSSR count). The van der Waals surface area contributed by atoms with Gasteiger partial charge in [-0.25, -0.2) is 4.98 Å². The standard InChI is InChI=1S/C18H24N4O2/c1-4-5-10-20-17-16(11-21-18(19)22-17)24-12-14-6-8-15(9-7-14)13(2)23-3/h6-9,11H,2,4-5,10,12H2,1,3H3,(H3,19,20,21,22). The number of ether oxygens (including phenoxy) is 2. The Morgan fingerprint density at radius 1 is 1.29 bits per heavy atom. The Labute approximate surface area is 142 Å². The van der Waals surface area contributed by atoms with Crippen LogP contribution in [0.3, 0.4) is 0 Å². The molecule has 24 heavy (non-hydrogen) atoms. The van der Waals surface area contributed by atoms with E-state index >= 15 is 0 Å². The first-order valence-corrected chi connectivity index (χ1v) is 7.95. The van der Waals surface area contributed by atoms with Crippen molar-refractivity contribution in [3.05, 3.63) is 48.2 Å². The van der Waals surface area contributed by atoms with Crippen LogP contribution in [-0.2, 0) is 11.3 Å². The van der Waals surface area contributed by atoms with Crippen molar-refractivity contribution >= 4 is 17.5 Å². The maximum Gasteiger partial charge on any atom is 0.222 e. The number of aromatic nitrogens is 2. The van der Waals surface area contributed by atoms with Crippen molar-refractivity contribution < 1.29 is 9.47 Å². The van der Waals surface area contributed by atoms with Crippen molar-refractivity contribution in [3.8, 4) is 5.75 Å². The quantitative estimate of drug-likeness (QED) is 0.542. The van der Waals surface area contributed by atoms with Crippen LogP contribution >= 0.6 is 0 Å². The molecule has 0 fully saturated rings. The second-order valence-electron chi connectivity index (χ2n) is 5.33. The second-order valence-corrected chi connectivity index (χ2v) is 5.33. The van der Waals surface area contributed by atoms with Crippen molar-refractivity contribution in [1.82, 2.24) is 9.97 Å². The third-order valence-electron chi connectivity index (χ3n) is 3.51. The van der Waals surface area contributed by atoms with Gasteiger partial charge in [0.1, 0.15) is 12.4 Å². The minimum absolute atomic E-state index is 0.226. The van der Waals surface area contributed by atoms with Crippen molar-refractivity contribution in [3.63, 3.8) is 0 Å². The van der Waals surface area contributed by atoms with E-state index in [1.165, 1.54) is 0 Å². The van der Waals surface area contributed by atoms with Crippen molar-refractivity contribution in [2.45, 2.75) is 26.4 Å². The highest BCUT2D eigenvalue weighted by molar-refractivity contribution is 5.57. The van der Waals surface area contributed by atoms with E-state index in [2.05, 4.69) is 28.8 Å². The number of rotatable bonds is 9. The highest BCUT2D eigenvalue weighted by Gasteiger charge is 2.08. The summed E-state index contributed by atoms with van der Waals surface area (Å²) in [5.41, 5.74) is 7.63. The molecule has 6 nitrogen and oxygen atoms in total. The van der Waals surface area contributed by atoms with Crippen LogP contribution in [0.1, 0.15) is 30.9 Å². The first-order chi connectivity index (χ1) is 11.6. The summed E-state index contributed by atoms with van der Waals surface area (Å²) in [7, 11) is 1.60. The van der Waals surface area contributed by atoms with Gasteiger partial charge in [-0.2, -0.15) is 4.98 Å². The molecule has 0 saturated heterocycles. The normalized spacial score (nSPS) is 10.2. The van der Waals surface area contributed by atoms with E-state index in [1.807, 2.05) is 24.3 Å². The highest BCUT2D eigenvalue weighted by atomic mass is 16.5. The van der Waals surface area contributed by atoms with Crippen LogP contribution in [0.25, 0.3) is 5.76 Å². The van der Waals surface area contributed by atoms with E-state index in [-0.39, 0.29) is 5.95 Å². The van der Waals surface area contributed by atoms with Crippen LogP contribution in [-0.4, -0.2) is 23.6 Å². The molecule has 0 bridgehead atoms. The van der Waals surface area contributed by atoms with Crippen LogP contribution in [0.2, 0.25) is 0 Å². The van der Waals surface area contributed by atoms with Crippen LogP contribution in [0.5, 0.6) is 5.75 Å². The molecule has 0 unspecified atom stereocenters. The molecule has 1 aromatic heterocycles. The monoisotopic (exact) mass is 328 g/mol. The summed E-state index contributed by atoms with van der Waals surface area (Å²) in [5.74, 6) is 2.08. The number of methoxy groups -OCH3 is 1. The van der Waals surface area contributed by atoms with Gasteiger partial charge >= 0.3 is 0 Å². The summed E-state index contributed by atoms with van der Waals surface area (Å²) in [6.07, 6.45) is 3.74. The van der Waals surface area contributed by atoms with Gasteiger partial charge in [0.05, 0.1) is 13.3 Å². The average Bonchev–Trinajstić information content (AvgIpc) is 2.61. The van der Waals surface area contributed by atoms with Gasteiger partial charge in [0, 0.05) is 12.1 Å². The smallest absolute Gasteiger partial charge is 0.222 e. The fourth-order valence-electron chi connectivity index (χ4n) is 2.07. The Hall–Kier alpha value is -2.76. The van der Waals surface area contributed by atoms with Crippen LogP contribution in [0.15, 0.2) is 37.0 Å². The van der Waals surface area contributed by atoms with Gasteiger partial charge in [0.25, 0.3) is 0 Å². The van der Waals surface area contributed by atoms with E-state index < -0.39 is 0 Å². The van der Waals surface area contributed by atoms with E-state index in [4.69, 9.17) is 15.2 Å². The lowest BCUT2D eigenvalue weighted by atomic mass is 10.1. The van der Waals surface area contributed by atoms with Crippen molar-refractivity contribution in [1.29, 1.82) is 0 Å². The molecule has 1 heterocycles. The number of nitrogen functional groups attached to an aromatic ring is 1. The number of benzene rings is 1. The molecule has 128 valence electrons. The largest absolute Gasteiger partial charge is 0.497 e. The van der Waals surface area contributed by atoms with Gasteiger partial charge in [-0.05, 0) is 12.0 Å². The average molecular weight is 328 g/mol. The Morgan fingerprint density at radius 3 is 2.71 bits per heavy atom. The molecule has 3 N–H and O–H groups in total. The van der Waals surface area contributed by atoms with Gasteiger partial charge in [-0.15, -0.1) is 0 Å². The molecule has 0 amide bonds. The maximum atomic E-state index is 5.84. The third kappa shape index (κ3) is 4.87. The predicted octanol–water partition coefficient (Wildman–Crippen LogP) is 3.47. The minimum Gasteiger partial charge on any atom is -0.497 e. The molecule has 6 heteroatoms. The first kappa shape index (κ1) is 17.6. The Bertz CT molecular complexity index is 671. The summed E-state index contributed by atoms with van der Waals surface area (Å²) in [6.45, 7) is 7.19. The lowest BCUT2D eigenvalue weighted by molar-refractivity contribution is 0.305. The zero-order valence-corrected chi connectivity index (χ0v) is 14.2. The van der Waals surface area contributed by atoms with Crippen LogP contribution in [0.4, 0.5) is 11.8 Å². The molecule has 0 aliphatic rings. The fraction of sp³-hybridized carbons (Fsp3) is 0.333. The van der Waals surface area contributed by atoms with Gasteiger partial charge in [-0.3, -0.25) is 0 Å². The number of nitrogens with zero attached hydrogens (tertiary/aromatic N) is 2. The molecule has 2 aromatic rings. The fourth-order valence-corrected chi connectivity index (χ4v) is 2.07. The highest BCUT2D eigenvalue weighted by Crippen LogP contribution is 2.23. The lowest BCUT2D eigenvalue weighted by Gasteiger charge is -2.12. The molecular weight excluding hydrogens is 304 g/mol. The number of nitrogens with two attached hydrogens (primary N) is 1. The molecule has 0 saturated carbocycles. The Kier molecular flexibility index (Phi) is 6.42. The molecule has 0 atom stereocenters. The number of nitrogens with one attached hydrogen (secondary N) is 1. The number of unbranched alkanes of at least 4 members (excludes halogenated alkanes) is 1. The summed E-state index contributed by atoms with van der Waals surface area (Å²) in [6, 6.07) is 7.85. The molecule has 0 spiro atoms. The molecule has 0 aliphatic heterocycles. The maximum absolute atomic E-state index is 5.84. The predicted molar refractivity (Wildman–Crippen MR) is 96.7 cm³/mol. The summed E-state index contributed by atoms with van der Waals surface area (Å²) >= 11 is 0. The van der Waals surface area contributed by atoms with E-state index in [1.54, 1.807) is 13.3 Å². The third-order valence-corrected chi connectivity index (χ3v) is 3.51. The SMILES string of the molecule is C=C(OC)c1ccc(COc2cnc(N)nc2NCCCC)cc1. The minimum atomic E-state index is 0.226. The van der Waals surface area contributed by atoms with Gasteiger partial charge in [-0.1, -0.05) is 44.2 Å². The lowest BCUT2D eigenvalue weighted by Crippen LogP contribution is -2.08. The topological polar surface area (TPSA) is 82.3 Å². The molecule has 1 aromatic carbocycles. The number of hydrogen-bond donors (Lipinski definition) is 2. The Balaban J connectivity index is 2.01. The zero-order valence-electron chi connectivity index (χ0n) is 14.2. The number of hydrogen-bond acceptors (Lipinski definition) is 6.